The predicted molar refractivity (Wildman–Crippen MR) is 55.9 cm³/mol. The molecule has 1 aromatic carbocycles. The van der Waals surface area contributed by atoms with Crippen molar-refractivity contribution < 1.29 is 4.74 Å². The lowest BCUT2D eigenvalue weighted by molar-refractivity contribution is 0.110. The standard InChI is InChI=1S/C10H12O.C2H6/c1-8-3-2-4-9-7-11-6-5-10(8)9;1-2/h2-4H,5-7H2,1H3;1-2H3. The minimum absolute atomic E-state index is 0.803. The number of fused-ring (bicyclic) bond motifs is 1. The second-order valence-electron chi connectivity index (χ2n) is 3.02. The fourth-order valence-electron chi connectivity index (χ4n) is 1.61. The van der Waals surface area contributed by atoms with Crippen LogP contribution in [0.15, 0.2) is 18.2 Å². The maximum atomic E-state index is 5.35. The van der Waals surface area contributed by atoms with Gasteiger partial charge in [-0.2, -0.15) is 0 Å². The van der Waals surface area contributed by atoms with Crippen LogP contribution in [-0.4, -0.2) is 6.61 Å². The van der Waals surface area contributed by atoms with E-state index in [1.807, 2.05) is 13.8 Å². The molecule has 0 radical (unpaired) electrons. The molecule has 1 aliphatic heterocycles. The normalized spacial score (nSPS) is 14.1. The largest absolute Gasteiger partial charge is 0.376 e. The van der Waals surface area contributed by atoms with Crippen LogP contribution in [0.1, 0.15) is 30.5 Å². The third kappa shape index (κ3) is 2.31. The average molecular weight is 178 g/mol. The summed E-state index contributed by atoms with van der Waals surface area (Å²) in [6.07, 6.45) is 1.09. The van der Waals surface area contributed by atoms with Crippen molar-refractivity contribution in [1.82, 2.24) is 0 Å². The summed E-state index contributed by atoms with van der Waals surface area (Å²) < 4.78 is 5.35. The minimum Gasteiger partial charge on any atom is -0.376 e. The molecule has 0 saturated carbocycles. The first-order chi connectivity index (χ1) is 6.38. The summed E-state index contributed by atoms with van der Waals surface area (Å²) in [4.78, 5) is 0. The molecule has 0 N–H and O–H groups in total. The van der Waals surface area contributed by atoms with Gasteiger partial charge in [0.2, 0.25) is 0 Å². The van der Waals surface area contributed by atoms with Gasteiger partial charge in [0.05, 0.1) is 13.2 Å². The Bertz CT molecular complexity index is 266. The van der Waals surface area contributed by atoms with Crippen molar-refractivity contribution in [2.24, 2.45) is 0 Å². The summed E-state index contributed by atoms with van der Waals surface area (Å²) >= 11 is 0. The molecule has 0 bridgehead atoms. The monoisotopic (exact) mass is 178 g/mol. The molecule has 0 aliphatic carbocycles. The van der Waals surface area contributed by atoms with Crippen LogP contribution in [-0.2, 0) is 17.8 Å². The lowest BCUT2D eigenvalue weighted by atomic mass is 9.98. The summed E-state index contributed by atoms with van der Waals surface area (Å²) in [5, 5.41) is 0. The molecule has 1 heterocycles. The topological polar surface area (TPSA) is 9.23 Å². The van der Waals surface area contributed by atoms with Gasteiger partial charge < -0.3 is 4.74 Å². The van der Waals surface area contributed by atoms with Gasteiger partial charge in [-0.1, -0.05) is 32.0 Å². The van der Waals surface area contributed by atoms with E-state index >= 15 is 0 Å². The van der Waals surface area contributed by atoms with Crippen LogP contribution >= 0.6 is 0 Å². The molecule has 1 nitrogen and oxygen atoms in total. The lowest BCUT2D eigenvalue weighted by Crippen LogP contribution is -2.10. The van der Waals surface area contributed by atoms with Crippen LogP contribution in [0, 0.1) is 6.92 Å². The van der Waals surface area contributed by atoms with Gasteiger partial charge in [0.25, 0.3) is 0 Å². The summed E-state index contributed by atoms with van der Waals surface area (Å²) in [6, 6.07) is 6.43. The van der Waals surface area contributed by atoms with Crippen molar-refractivity contribution in [2.75, 3.05) is 6.61 Å². The summed E-state index contributed by atoms with van der Waals surface area (Å²) in [5.74, 6) is 0. The summed E-state index contributed by atoms with van der Waals surface area (Å²) in [6.45, 7) is 7.86. The van der Waals surface area contributed by atoms with E-state index in [-0.39, 0.29) is 0 Å². The highest BCUT2D eigenvalue weighted by atomic mass is 16.5. The van der Waals surface area contributed by atoms with Crippen LogP contribution in [0.3, 0.4) is 0 Å². The first-order valence-corrected chi connectivity index (χ1v) is 5.03. The Morgan fingerprint density at radius 1 is 1.23 bits per heavy atom. The highest BCUT2D eigenvalue weighted by molar-refractivity contribution is 5.35. The SMILES string of the molecule is CC.Cc1cccc2c1CCOC2. The maximum absolute atomic E-state index is 5.35. The molecule has 0 saturated heterocycles. The van der Waals surface area contributed by atoms with E-state index in [0.29, 0.717) is 0 Å². The third-order valence-electron chi connectivity index (χ3n) is 2.26. The third-order valence-corrected chi connectivity index (χ3v) is 2.26. The van der Waals surface area contributed by atoms with Crippen molar-refractivity contribution in [3.63, 3.8) is 0 Å². The zero-order valence-corrected chi connectivity index (χ0v) is 8.76. The second kappa shape index (κ2) is 5.03. The molecule has 0 aromatic heterocycles. The van der Waals surface area contributed by atoms with Gasteiger partial charge in [-0.05, 0) is 30.0 Å². The molecule has 1 aliphatic rings. The zero-order valence-electron chi connectivity index (χ0n) is 8.76. The maximum Gasteiger partial charge on any atom is 0.0719 e. The van der Waals surface area contributed by atoms with Gasteiger partial charge >= 0.3 is 0 Å². The van der Waals surface area contributed by atoms with Gasteiger partial charge in [-0.3, -0.25) is 0 Å². The first-order valence-electron chi connectivity index (χ1n) is 5.03. The van der Waals surface area contributed by atoms with E-state index in [1.165, 1.54) is 16.7 Å². The van der Waals surface area contributed by atoms with Crippen molar-refractivity contribution in [1.29, 1.82) is 0 Å². The van der Waals surface area contributed by atoms with Crippen LogP contribution in [0.5, 0.6) is 0 Å². The molecule has 1 heteroatoms. The molecular weight excluding hydrogens is 160 g/mol. The molecule has 0 atom stereocenters. The van der Waals surface area contributed by atoms with Gasteiger partial charge in [-0.25, -0.2) is 0 Å². The number of benzene rings is 1. The fraction of sp³-hybridized carbons (Fsp3) is 0.500. The zero-order chi connectivity index (χ0) is 9.68. The van der Waals surface area contributed by atoms with Crippen LogP contribution < -0.4 is 0 Å². The van der Waals surface area contributed by atoms with Crippen molar-refractivity contribution in [3.8, 4) is 0 Å². The van der Waals surface area contributed by atoms with E-state index in [1.54, 1.807) is 0 Å². The summed E-state index contributed by atoms with van der Waals surface area (Å²) in [5.41, 5.74) is 4.28. The predicted octanol–water partition coefficient (Wildman–Crippen LogP) is 3.09. The Kier molecular flexibility index (Phi) is 3.97. The van der Waals surface area contributed by atoms with Crippen molar-refractivity contribution in [2.45, 2.75) is 33.8 Å². The van der Waals surface area contributed by atoms with E-state index in [9.17, 15) is 0 Å². The smallest absolute Gasteiger partial charge is 0.0719 e. The van der Waals surface area contributed by atoms with Gasteiger partial charge in [-0.15, -0.1) is 0 Å². The van der Waals surface area contributed by atoms with Gasteiger partial charge in [0.15, 0.2) is 0 Å². The molecular formula is C12H18O. The second-order valence-corrected chi connectivity index (χ2v) is 3.02. The average Bonchev–Trinajstić information content (AvgIpc) is 2.22. The molecule has 0 spiro atoms. The van der Waals surface area contributed by atoms with Crippen LogP contribution in [0.2, 0.25) is 0 Å². The highest BCUT2D eigenvalue weighted by Gasteiger charge is 2.09. The molecule has 1 aromatic rings. The van der Waals surface area contributed by atoms with Crippen LogP contribution in [0.4, 0.5) is 0 Å². The lowest BCUT2D eigenvalue weighted by Gasteiger charge is -2.17. The molecule has 72 valence electrons. The quantitative estimate of drug-likeness (QED) is 0.593. The van der Waals surface area contributed by atoms with E-state index in [4.69, 9.17) is 4.74 Å². The van der Waals surface area contributed by atoms with E-state index < -0.39 is 0 Å². The van der Waals surface area contributed by atoms with Crippen LogP contribution in [0.25, 0.3) is 0 Å². The number of hydrogen-bond donors (Lipinski definition) is 0. The Labute approximate surface area is 80.7 Å². The highest BCUT2D eigenvalue weighted by Crippen LogP contribution is 2.19. The Balaban J connectivity index is 0.000000396. The van der Waals surface area contributed by atoms with E-state index in [0.717, 1.165) is 19.6 Å². The number of hydrogen-bond acceptors (Lipinski definition) is 1. The Morgan fingerprint density at radius 3 is 2.69 bits per heavy atom. The number of ether oxygens (including phenoxy) is 1. The fourth-order valence-corrected chi connectivity index (χ4v) is 1.61. The molecule has 13 heavy (non-hydrogen) atoms. The van der Waals surface area contributed by atoms with Crippen molar-refractivity contribution >= 4 is 0 Å². The van der Waals surface area contributed by atoms with E-state index in [2.05, 4.69) is 25.1 Å². The molecule has 0 fully saturated rings. The van der Waals surface area contributed by atoms with Gasteiger partial charge in [0, 0.05) is 0 Å². The Morgan fingerprint density at radius 2 is 2.00 bits per heavy atom. The molecule has 2 rings (SSSR count). The number of aryl methyl sites for hydroxylation is 1. The van der Waals surface area contributed by atoms with Gasteiger partial charge in [0.1, 0.15) is 0 Å². The molecule has 0 unspecified atom stereocenters. The Hall–Kier alpha value is -0.820. The number of rotatable bonds is 0. The van der Waals surface area contributed by atoms with Crippen molar-refractivity contribution in [3.05, 3.63) is 34.9 Å². The summed E-state index contributed by atoms with van der Waals surface area (Å²) in [7, 11) is 0. The first kappa shape index (κ1) is 10.3. The minimum atomic E-state index is 0.803. The molecule has 0 amide bonds.